The van der Waals surface area contributed by atoms with E-state index in [9.17, 15) is 14.6 Å². The Bertz CT molecular complexity index is 403. The molecule has 5 heteroatoms. The molecular formula is C11H13FN2O2. The number of hydrogen-bond donors (Lipinski definition) is 3. The second kappa shape index (κ2) is 5.56. The molecule has 2 atom stereocenters. The zero-order valence-electron chi connectivity index (χ0n) is 8.81. The highest BCUT2D eigenvalue weighted by Crippen LogP contribution is 2.21. The maximum atomic E-state index is 12.8. The fraction of sp³-hybridized carbons (Fsp3) is 0.364. The normalized spacial score (nSPS) is 14.2. The van der Waals surface area contributed by atoms with Gasteiger partial charge in [0.1, 0.15) is 11.9 Å². The lowest BCUT2D eigenvalue weighted by Gasteiger charge is -2.18. The van der Waals surface area contributed by atoms with Crippen LogP contribution in [0.4, 0.5) is 4.39 Å². The minimum absolute atomic E-state index is 0.0302. The maximum absolute atomic E-state index is 12.8. The quantitative estimate of drug-likeness (QED) is 0.688. The van der Waals surface area contributed by atoms with Crippen LogP contribution in [0.5, 0.6) is 0 Å². The Balaban J connectivity index is 2.99. The number of aliphatic hydroxyl groups excluding tert-OH is 2. The minimum atomic E-state index is -1.21. The Morgan fingerprint density at radius 3 is 2.75 bits per heavy atom. The smallest absolute Gasteiger partial charge is 0.124 e. The van der Waals surface area contributed by atoms with Crippen molar-refractivity contribution in [3.63, 3.8) is 0 Å². The molecular weight excluding hydrogens is 211 g/mol. The highest BCUT2D eigenvalue weighted by Gasteiger charge is 2.20. The lowest BCUT2D eigenvalue weighted by molar-refractivity contribution is 0.0200. The topological polar surface area (TPSA) is 76.3 Å². The average Bonchev–Trinajstić information content (AvgIpc) is 2.28. The molecule has 3 N–H and O–H groups in total. The predicted octanol–water partition coefficient (Wildman–Crippen LogP) is 0.311. The fourth-order valence-electron chi connectivity index (χ4n) is 1.41. The van der Waals surface area contributed by atoms with E-state index in [-0.39, 0.29) is 17.7 Å². The van der Waals surface area contributed by atoms with Crippen molar-refractivity contribution in [2.45, 2.75) is 12.2 Å². The number of nitriles is 1. The van der Waals surface area contributed by atoms with Crippen LogP contribution < -0.4 is 5.32 Å². The molecule has 0 amide bonds. The summed E-state index contributed by atoms with van der Waals surface area (Å²) in [7, 11) is 1.63. The van der Waals surface area contributed by atoms with Crippen LogP contribution in [0, 0.1) is 17.1 Å². The van der Waals surface area contributed by atoms with E-state index in [0.29, 0.717) is 0 Å². The van der Waals surface area contributed by atoms with Gasteiger partial charge >= 0.3 is 0 Å². The Kier molecular flexibility index (Phi) is 4.38. The molecule has 0 aromatic heterocycles. The second-order valence-corrected chi connectivity index (χ2v) is 3.41. The van der Waals surface area contributed by atoms with Crippen LogP contribution in [0.15, 0.2) is 18.2 Å². The minimum Gasteiger partial charge on any atom is -0.389 e. The van der Waals surface area contributed by atoms with Gasteiger partial charge in [-0.3, -0.25) is 0 Å². The van der Waals surface area contributed by atoms with Crippen LogP contribution in [-0.4, -0.2) is 29.9 Å². The molecule has 0 spiro atoms. The highest BCUT2D eigenvalue weighted by molar-refractivity contribution is 5.39. The molecule has 0 bridgehead atoms. The molecule has 86 valence electrons. The molecule has 0 saturated heterocycles. The summed E-state index contributed by atoms with van der Waals surface area (Å²) >= 11 is 0. The van der Waals surface area contributed by atoms with Crippen LogP contribution >= 0.6 is 0 Å². The molecule has 4 nitrogen and oxygen atoms in total. The highest BCUT2D eigenvalue weighted by atomic mass is 19.1. The van der Waals surface area contributed by atoms with E-state index in [1.54, 1.807) is 13.1 Å². The first-order valence-electron chi connectivity index (χ1n) is 4.80. The van der Waals surface area contributed by atoms with E-state index in [0.717, 1.165) is 12.1 Å². The molecule has 0 aliphatic carbocycles. The van der Waals surface area contributed by atoms with Gasteiger partial charge in [-0.25, -0.2) is 4.39 Å². The van der Waals surface area contributed by atoms with Crippen molar-refractivity contribution in [1.29, 1.82) is 5.26 Å². The van der Waals surface area contributed by atoms with Crippen LogP contribution in [0.3, 0.4) is 0 Å². The zero-order chi connectivity index (χ0) is 12.1. The Hall–Kier alpha value is -1.48. The third-order valence-corrected chi connectivity index (χ3v) is 2.23. The van der Waals surface area contributed by atoms with E-state index >= 15 is 0 Å². The molecule has 0 radical (unpaired) electrons. The number of nitrogens with zero attached hydrogens (tertiary/aromatic N) is 1. The Morgan fingerprint density at radius 1 is 1.50 bits per heavy atom. The third-order valence-electron chi connectivity index (χ3n) is 2.23. The molecule has 0 heterocycles. The van der Waals surface area contributed by atoms with Crippen LogP contribution in [0.2, 0.25) is 0 Å². The standard InChI is InChI=1S/C11H13FN2O2/c1-14-6-10(15)11(16)9-3-2-8(12)4-7(9)5-13/h2-4,10-11,14-16H,6H2,1H3. The second-order valence-electron chi connectivity index (χ2n) is 3.41. The van der Waals surface area contributed by atoms with E-state index < -0.39 is 18.0 Å². The number of benzene rings is 1. The monoisotopic (exact) mass is 224 g/mol. The fourth-order valence-corrected chi connectivity index (χ4v) is 1.41. The van der Waals surface area contributed by atoms with Crippen molar-refractivity contribution in [1.82, 2.24) is 5.32 Å². The zero-order valence-corrected chi connectivity index (χ0v) is 8.81. The molecule has 0 fully saturated rings. The molecule has 1 rings (SSSR count). The van der Waals surface area contributed by atoms with Gasteiger partial charge in [0.2, 0.25) is 0 Å². The van der Waals surface area contributed by atoms with Crippen molar-refractivity contribution < 1.29 is 14.6 Å². The van der Waals surface area contributed by atoms with E-state index in [1.165, 1.54) is 6.07 Å². The van der Waals surface area contributed by atoms with E-state index in [2.05, 4.69) is 5.32 Å². The third kappa shape index (κ3) is 2.76. The summed E-state index contributed by atoms with van der Waals surface area (Å²) in [6.07, 6.45) is -2.25. The summed E-state index contributed by atoms with van der Waals surface area (Å²) in [5.74, 6) is -0.546. The summed E-state index contributed by atoms with van der Waals surface area (Å²) in [5, 5.41) is 30.8. The van der Waals surface area contributed by atoms with Crippen molar-refractivity contribution in [3.8, 4) is 6.07 Å². The SMILES string of the molecule is CNCC(O)C(O)c1ccc(F)cc1C#N. The molecule has 0 aliphatic rings. The van der Waals surface area contributed by atoms with Crippen LogP contribution in [0.1, 0.15) is 17.2 Å². The lowest BCUT2D eigenvalue weighted by atomic mass is 9.99. The predicted molar refractivity (Wildman–Crippen MR) is 56.0 cm³/mol. The number of rotatable bonds is 4. The molecule has 16 heavy (non-hydrogen) atoms. The van der Waals surface area contributed by atoms with Gasteiger partial charge in [0.15, 0.2) is 0 Å². The van der Waals surface area contributed by atoms with Crippen molar-refractivity contribution in [3.05, 3.63) is 35.1 Å². The van der Waals surface area contributed by atoms with Gasteiger partial charge in [-0.15, -0.1) is 0 Å². The first-order chi connectivity index (χ1) is 7.60. The van der Waals surface area contributed by atoms with Crippen LogP contribution in [0.25, 0.3) is 0 Å². The average molecular weight is 224 g/mol. The number of halogens is 1. The van der Waals surface area contributed by atoms with Crippen molar-refractivity contribution in [2.75, 3.05) is 13.6 Å². The van der Waals surface area contributed by atoms with Crippen LogP contribution in [-0.2, 0) is 0 Å². The maximum Gasteiger partial charge on any atom is 0.124 e. The molecule has 0 aliphatic heterocycles. The number of aliphatic hydroxyl groups is 2. The van der Waals surface area contributed by atoms with Gasteiger partial charge in [0.05, 0.1) is 17.7 Å². The van der Waals surface area contributed by atoms with Gasteiger partial charge in [-0.2, -0.15) is 5.26 Å². The summed E-state index contributed by atoms with van der Waals surface area (Å²) in [6, 6.07) is 5.26. The van der Waals surface area contributed by atoms with Crippen molar-refractivity contribution >= 4 is 0 Å². The number of hydrogen-bond acceptors (Lipinski definition) is 4. The first-order valence-corrected chi connectivity index (χ1v) is 4.80. The molecule has 1 aromatic carbocycles. The molecule has 0 saturated carbocycles. The number of likely N-dealkylation sites (N-methyl/N-ethyl adjacent to an activating group) is 1. The summed E-state index contributed by atoms with van der Waals surface area (Å²) in [6.45, 7) is 0.184. The molecule has 1 aromatic rings. The van der Waals surface area contributed by atoms with Gasteiger partial charge in [0, 0.05) is 12.1 Å². The summed E-state index contributed by atoms with van der Waals surface area (Å²) in [4.78, 5) is 0. The van der Waals surface area contributed by atoms with Gasteiger partial charge < -0.3 is 15.5 Å². The number of nitrogens with one attached hydrogen (secondary N) is 1. The Morgan fingerprint density at radius 2 is 2.19 bits per heavy atom. The van der Waals surface area contributed by atoms with E-state index in [1.807, 2.05) is 0 Å². The van der Waals surface area contributed by atoms with Crippen molar-refractivity contribution in [2.24, 2.45) is 0 Å². The van der Waals surface area contributed by atoms with Gasteiger partial charge in [-0.05, 0) is 19.2 Å². The van der Waals surface area contributed by atoms with E-state index in [4.69, 9.17) is 5.26 Å². The van der Waals surface area contributed by atoms with Gasteiger partial charge in [0.25, 0.3) is 0 Å². The molecule has 2 unspecified atom stereocenters. The summed E-state index contributed by atoms with van der Waals surface area (Å²) in [5.41, 5.74) is 0.259. The lowest BCUT2D eigenvalue weighted by Crippen LogP contribution is -2.30. The Labute approximate surface area is 93.0 Å². The largest absolute Gasteiger partial charge is 0.389 e. The summed E-state index contributed by atoms with van der Waals surface area (Å²) < 4.78 is 12.8. The first kappa shape index (κ1) is 12.6. The van der Waals surface area contributed by atoms with Gasteiger partial charge in [-0.1, -0.05) is 6.07 Å².